The van der Waals surface area contributed by atoms with E-state index in [-0.39, 0.29) is 10.8 Å². The molecule has 10 heteroatoms. The third-order valence-corrected chi connectivity index (χ3v) is 7.25. The first-order valence-corrected chi connectivity index (χ1v) is 10.8. The maximum absolute atomic E-state index is 12.3. The Morgan fingerprint density at radius 2 is 1.86 bits per heavy atom. The molecule has 1 aliphatic rings. The van der Waals surface area contributed by atoms with Crippen LogP contribution in [-0.2, 0) is 23.2 Å². The number of aryl methyl sites for hydroxylation is 1. The summed E-state index contributed by atoms with van der Waals surface area (Å²) >= 11 is 6.22. The van der Waals surface area contributed by atoms with Crippen LogP contribution < -0.4 is 5.63 Å². The highest BCUT2D eigenvalue weighted by molar-refractivity contribution is 7.86. The highest BCUT2D eigenvalue weighted by Crippen LogP contribution is 2.36. The Bertz CT molecular complexity index is 1040. The van der Waals surface area contributed by atoms with Crippen molar-refractivity contribution in [1.29, 1.82) is 0 Å². The predicted octanol–water partition coefficient (Wildman–Crippen LogP) is 1.64. The lowest BCUT2D eigenvalue weighted by atomic mass is 10.0. The zero-order valence-electron chi connectivity index (χ0n) is 16.1. The second-order valence-corrected chi connectivity index (χ2v) is 9.52. The average molecular weight is 430 g/mol. The number of fused-ring (bicyclic) bond motifs is 1. The first-order chi connectivity index (χ1) is 13.1. The first-order valence-electron chi connectivity index (χ1n) is 9.02. The Morgan fingerprint density at radius 1 is 1.21 bits per heavy atom. The monoisotopic (exact) mass is 429 g/mol. The fraction of sp³-hybridized carbons (Fsp3) is 0.500. The molecule has 0 atom stereocenters. The van der Waals surface area contributed by atoms with Gasteiger partial charge >= 0.3 is 5.63 Å². The molecule has 0 bridgehead atoms. The summed E-state index contributed by atoms with van der Waals surface area (Å²) in [6, 6.07) is 3.05. The minimum absolute atomic E-state index is 0.117. The first kappa shape index (κ1) is 21.1. The summed E-state index contributed by atoms with van der Waals surface area (Å²) in [5.41, 5.74) is 1.10. The van der Waals surface area contributed by atoms with E-state index in [4.69, 9.17) is 16.0 Å². The lowest BCUT2D eigenvalue weighted by Gasteiger charge is -2.35. The summed E-state index contributed by atoms with van der Waals surface area (Å²) < 4.78 is 32.5. The molecule has 1 aliphatic heterocycles. The van der Waals surface area contributed by atoms with Crippen LogP contribution in [0.1, 0.15) is 18.1 Å². The van der Waals surface area contributed by atoms with Crippen LogP contribution in [0.3, 0.4) is 0 Å². The van der Waals surface area contributed by atoms with Crippen LogP contribution in [0.25, 0.3) is 11.0 Å². The number of benzene rings is 1. The van der Waals surface area contributed by atoms with E-state index in [2.05, 4.69) is 0 Å². The number of nitrogens with zero attached hydrogens (tertiary/aromatic N) is 3. The van der Waals surface area contributed by atoms with Crippen molar-refractivity contribution in [3.63, 3.8) is 0 Å². The number of aromatic hydroxyl groups is 1. The van der Waals surface area contributed by atoms with E-state index in [1.807, 2.05) is 11.8 Å². The summed E-state index contributed by atoms with van der Waals surface area (Å²) in [4.78, 5) is 14.0. The van der Waals surface area contributed by atoms with Crippen LogP contribution in [0, 0.1) is 0 Å². The number of hydrogen-bond acceptors (Lipinski definition) is 6. The van der Waals surface area contributed by atoms with Crippen LogP contribution in [-0.4, -0.2) is 67.3 Å². The molecule has 1 aromatic heterocycles. The van der Waals surface area contributed by atoms with Crippen molar-refractivity contribution in [3.05, 3.63) is 38.7 Å². The molecule has 154 valence electrons. The number of phenolic OH excluding ortho intramolecular Hbond substituents is 1. The molecular formula is C18H24ClN3O5S. The highest BCUT2D eigenvalue weighted by atomic mass is 35.5. The van der Waals surface area contributed by atoms with E-state index in [0.29, 0.717) is 55.7 Å². The van der Waals surface area contributed by atoms with Gasteiger partial charge in [-0.2, -0.15) is 17.0 Å². The lowest BCUT2D eigenvalue weighted by molar-refractivity contribution is 0.176. The van der Waals surface area contributed by atoms with Gasteiger partial charge in [0, 0.05) is 58.3 Å². The van der Waals surface area contributed by atoms with Crippen LogP contribution in [0.4, 0.5) is 0 Å². The van der Waals surface area contributed by atoms with Crippen LogP contribution >= 0.6 is 11.6 Å². The maximum Gasteiger partial charge on any atom is 0.336 e. The second-order valence-electron chi connectivity index (χ2n) is 6.97. The molecule has 3 rings (SSSR count). The van der Waals surface area contributed by atoms with Crippen LogP contribution in [0.15, 0.2) is 21.3 Å². The topological polar surface area (TPSA) is 94.3 Å². The van der Waals surface area contributed by atoms with Gasteiger partial charge in [-0.1, -0.05) is 18.5 Å². The fourth-order valence-electron chi connectivity index (χ4n) is 3.39. The molecule has 2 aromatic rings. The van der Waals surface area contributed by atoms with E-state index in [9.17, 15) is 18.3 Å². The molecule has 1 N–H and O–H groups in total. The number of rotatable bonds is 5. The molecule has 2 heterocycles. The molecule has 28 heavy (non-hydrogen) atoms. The van der Waals surface area contributed by atoms with Gasteiger partial charge in [-0.25, -0.2) is 4.79 Å². The van der Waals surface area contributed by atoms with Crippen molar-refractivity contribution in [2.45, 2.75) is 19.9 Å². The zero-order chi connectivity index (χ0) is 20.6. The van der Waals surface area contributed by atoms with Crippen molar-refractivity contribution in [1.82, 2.24) is 13.5 Å². The average Bonchev–Trinajstić information content (AvgIpc) is 2.65. The fourth-order valence-corrected chi connectivity index (χ4v) is 4.70. The number of piperazine rings is 1. The number of hydrogen-bond donors (Lipinski definition) is 1. The van der Waals surface area contributed by atoms with Gasteiger partial charge in [-0.05, 0) is 18.1 Å². The molecule has 0 aliphatic carbocycles. The second kappa shape index (κ2) is 8.00. The molecule has 0 unspecified atom stereocenters. The summed E-state index contributed by atoms with van der Waals surface area (Å²) in [7, 11) is -0.440. The van der Waals surface area contributed by atoms with Gasteiger partial charge in [0.1, 0.15) is 11.3 Å². The highest BCUT2D eigenvalue weighted by Gasteiger charge is 2.29. The van der Waals surface area contributed by atoms with E-state index < -0.39 is 15.8 Å². The van der Waals surface area contributed by atoms with Gasteiger partial charge in [-0.15, -0.1) is 0 Å². The van der Waals surface area contributed by atoms with Crippen molar-refractivity contribution < 1.29 is 17.9 Å². The molecule has 8 nitrogen and oxygen atoms in total. The van der Waals surface area contributed by atoms with E-state index in [1.165, 1.54) is 28.8 Å². The lowest BCUT2D eigenvalue weighted by Crippen LogP contribution is -2.51. The molecular weight excluding hydrogens is 406 g/mol. The zero-order valence-corrected chi connectivity index (χ0v) is 17.7. The molecule has 1 saturated heterocycles. The van der Waals surface area contributed by atoms with Gasteiger partial charge in [0.05, 0.1) is 10.6 Å². The van der Waals surface area contributed by atoms with Gasteiger partial charge in [-0.3, -0.25) is 4.90 Å². The van der Waals surface area contributed by atoms with Gasteiger partial charge in [0.15, 0.2) is 0 Å². The Hall–Kier alpha value is -1.65. The summed E-state index contributed by atoms with van der Waals surface area (Å²) in [6.07, 6.45) is 0.629. The normalized spacial score (nSPS) is 16.9. The van der Waals surface area contributed by atoms with Crippen LogP contribution in [0.2, 0.25) is 5.02 Å². The van der Waals surface area contributed by atoms with Crippen molar-refractivity contribution in [3.8, 4) is 5.75 Å². The third kappa shape index (κ3) is 3.90. The Kier molecular flexibility index (Phi) is 6.02. The maximum atomic E-state index is 12.3. The number of phenols is 1. The summed E-state index contributed by atoms with van der Waals surface area (Å²) in [5.74, 6) is -0.117. The van der Waals surface area contributed by atoms with Gasteiger partial charge in [0.2, 0.25) is 0 Å². The van der Waals surface area contributed by atoms with Gasteiger partial charge in [0.25, 0.3) is 10.2 Å². The van der Waals surface area contributed by atoms with Crippen LogP contribution in [0.5, 0.6) is 5.75 Å². The molecule has 0 saturated carbocycles. The van der Waals surface area contributed by atoms with E-state index >= 15 is 0 Å². The summed E-state index contributed by atoms with van der Waals surface area (Å²) in [5, 5.41) is 11.4. The minimum atomic E-state index is -3.45. The van der Waals surface area contributed by atoms with Crippen molar-refractivity contribution in [2.24, 2.45) is 0 Å². The van der Waals surface area contributed by atoms with E-state index in [1.54, 1.807) is 6.07 Å². The molecule has 0 radical (unpaired) electrons. The molecule has 1 fully saturated rings. The Morgan fingerprint density at radius 3 is 2.43 bits per heavy atom. The molecule has 0 amide bonds. The summed E-state index contributed by atoms with van der Waals surface area (Å²) in [6.45, 7) is 3.87. The molecule has 0 spiro atoms. The largest absolute Gasteiger partial charge is 0.506 e. The quantitative estimate of drug-likeness (QED) is 0.726. The predicted molar refractivity (Wildman–Crippen MR) is 108 cm³/mol. The molecule has 1 aromatic carbocycles. The van der Waals surface area contributed by atoms with E-state index in [0.717, 1.165) is 5.56 Å². The van der Waals surface area contributed by atoms with Crippen molar-refractivity contribution in [2.75, 3.05) is 40.3 Å². The minimum Gasteiger partial charge on any atom is -0.506 e. The smallest absolute Gasteiger partial charge is 0.336 e. The third-order valence-electron chi connectivity index (χ3n) is 5.02. The van der Waals surface area contributed by atoms with Gasteiger partial charge < -0.3 is 9.52 Å². The number of halogens is 1. The Labute approximate surface area is 169 Å². The Balaban J connectivity index is 1.91. The standard InChI is InChI=1S/C18H24ClN3O5S/c1-4-12-9-16(23)27-18-13(12)10-15(19)17(24)14(18)11-21-5-7-22(8-6-21)28(25,26)20(2)3/h9-10,24H,4-8,11H2,1-3H3. The van der Waals surface area contributed by atoms with Crippen molar-refractivity contribution >= 4 is 32.8 Å². The SMILES string of the molecule is CCc1cc(=O)oc2c(CN3CCN(S(=O)(=O)N(C)C)CC3)c(O)c(Cl)cc12.